The van der Waals surface area contributed by atoms with E-state index in [1.54, 1.807) is 6.21 Å². The fourth-order valence-corrected chi connectivity index (χ4v) is 1.79. The molecule has 1 rings (SSSR count). The number of likely N-dealkylation sites (N-methyl/N-ethyl adjacent to an activating group) is 1. The second-order valence-corrected chi connectivity index (χ2v) is 5.81. The van der Waals surface area contributed by atoms with Crippen molar-refractivity contribution >= 4 is 12.1 Å². The molecule has 0 saturated heterocycles. The molecule has 1 aromatic carbocycles. The summed E-state index contributed by atoms with van der Waals surface area (Å²) in [5, 5.41) is 3.97. The van der Waals surface area contributed by atoms with Gasteiger partial charge in [-0.2, -0.15) is 5.10 Å². The maximum atomic E-state index is 11.7. The number of ether oxygens (including phenoxy) is 2. The van der Waals surface area contributed by atoms with Gasteiger partial charge in [0.1, 0.15) is 0 Å². The second kappa shape index (κ2) is 8.38. The zero-order valence-electron chi connectivity index (χ0n) is 14.0. The summed E-state index contributed by atoms with van der Waals surface area (Å²) < 4.78 is 11.6. The van der Waals surface area contributed by atoms with Crippen LogP contribution in [0.3, 0.4) is 0 Å². The fourth-order valence-electron chi connectivity index (χ4n) is 1.79. The molecule has 0 aliphatic carbocycles. The third kappa shape index (κ3) is 6.58. The van der Waals surface area contributed by atoms with E-state index >= 15 is 0 Å². The summed E-state index contributed by atoms with van der Waals surface area (Å²) >= 11 is 0. The number of carbonyl (C=O) groups is 1. The molecule has 0 spiro atoms. The van der Waals surface area contributed by atoms with E-state index in [1.165, 1.54) is 0 Å². The van der Waals surface area contributed by atoms with Crippen molar-refractivity contribution in [3.63, 3.8) is 0 Å². The van der Waals surface area contributed by atoms with Crippen molar-refractivity contribution in [2.24, 2.45) is 5.10 Å². The summed E-state index contributed by atoms with van der Waals surface area (Å²) in [6.07, 6.45) is 1.59. The average molecular weight is 308 g/mol. The van der Waals surface area contributed by atoms with Gasteiger partial charge in [0.2, 0.25) is 0 Å². The number of rotatable bonds is 8. The van der Waals surface area contributed by atoms with Crippen molar-refractivity contribution in [2.75, 3.05) is 40.9 Å². The maximum Gasteiger partial charge on any atom is 0.295 e. The lowest BCUT2D eigenvalue weighted by molar-refractivity contribution is -0.862. The van der Waals surface area contributed by atoms with Crippen LogP contribution in [0.25, 0.3) is 0 Å². The topological polar surface area (TPSA) is 59.9 Å². The summed E-state index contributed by atoms with van der Waals surface area (Å²) in [6, 6.07) is 5.54. The number of benzene rings is 1. The van der Waals surface area contributed by atoms with Crippen molar-refractivity contribution in [2.45, 2.75) is 13.8 Å². The standard InChI is InChI=1S/C16H25N3O3/c1-6-21-14-9-8-13(10-15(14)22-7-2)11-17-18-16(20)12-19(3,4)5/h8-11H,6-7,12H2,1-5H3/p+1. The SMILES string of the molecule is CCOc1ccc(C=NNC(=O)C[N+](C)(C)C)cc1OCC. The van der Waals surface area contributed by atoms with Crippen molar-refractivity contribution in [1.82, 2.24) is 5.43 Å². The lowest BCUT2D eigenvalue weighted by atomic mass is 10.2. The number of hydrazone groups is 1. The summed E-state index contributed by atoms with van der Waals surface area (Å²) in [4.78, 5) is 11.7. The molecule has 0 fully saturated rings. The van der Waals surface area contributed by atoms with Crippen molar-refractivity contribution in [1.29, 1.82) is 0 Å². The Kier molecular flexibility index (Phi) is 6.85. The highest BCUT2D eigenvalue weighted by atomic mass is 16.5. The molecule has 122 valence electrons. The maximum absolute atomic E-state index is 11.7. The van der Waals surface area contributed by atoms with Crippen LogP contribution < -0.4 is 14.9 Å². The molecule has 0 bridgehead atoms. The first-order valence-electron chi connectivity index (χ1n) is 7.37. The molecule has 0 radical (unpaired) electrons. The molecule has 0 heterocycles. The Bertz CT molecular complexity index is 522. The molecular weight excluding hydrogens is 282 g/mol. The Morgan fingerprint density at radius 3 is 2.41 bits per heavy atom. The van der Waals surface area contributed by atoms with E-state index in [-0.39, 0.29) is 5.91 Å². The zero-order valence-corrected chi connectivity index (χ0v) is 14.0. The van der Waals surface area contributed by atoms with Gasteiger partial charge in [0.15, 0.2) is 18.0 Å². The van der Waals surface area contributed by atoms with Crippen LogP contribution in [0.2, 0.25) is 0 Å². The number of hydrogen-bond acceptors (Lipinski definition) is 4. The highest BCUT2D eigenvalue weighted by Crippen LogP contribution is 2.27. The van der Waals surface area contributed by atoms with Crippen LogP contribution in [0.5, 0.6) is 11.5 Å². The Hall–Kier alpha value is -2.08. The summed E-state index contributed by atoms with van der Waals surface area (Å²) in [7, 11) is 5.85. The molecule has 0 aromatic heterocycles. The third-order valence-electron chi connectivity index (χ3n) is 2.59. The lowest BCUT2D eigenvalue weighted by Gasteiger charge is -2.21. The first-order valence-corrected chi connectivity index (χ1v) is 7.37. The normalized spacial score (nSPS) is 11.5. The van der Waals surface area contributed by atoms with E-state index in [0.29, 0.717) is 35.7 Å². The number of hydrogen-bond donors (Lipinski definition) is 1. The third-order valence-corrected chi connectivity index (χ3v) is 2.59. The molecule has 6 nitrogen and oxygen atoms in total. The predicted molar refractivity (Wildman–Crippen MR) is 87.4 cm³/mol. The van der Waals surface area contributed by atoms with Crippen LogP contribution in [-0.4, -0.2) is 57.5 Å². The Morgan fingerprint density at radius 2 is 1.82 bits per heavy atom. The van der Waals surface area contributed by atoms with Crippen LogP contribution >= 0.6 is 0 Å². The summed E-state index contributed by atoms with van der Waals surface area (Å²) in [5.41, 5.74) is 3.35. The van der Waals surface area contributed by atoms with E-state index in [0.717, 1.165) is 5.56 Å². The predicted octanol–water partition coefficient (Wildman–Crippen LogP) is 1.64. The van der Waals surface area contributed by atoms with Gasteiger partial charge in [-0.05, 0) is 37.6 Å². The minimum Gasteiger partial charge on any atom is -0.490 e. The fraction of sp³-hybridized carbons (Fsp3) is 0.500. The minimum atomic E-state index is -0.125. The molecule has 0 saturated carbocycles. The number of amides is 1. The molecule has 22 heavy (non-hydrogen) atoms. The van der Waals surface area contributed by atoms with Gasteiger partial charge in [0, 0.05) is 0 Å². The van der Waals surface area contributed by atoms with Gasteiger partial charge in [0.25, 0.3) is 5.91 Å². The summed E-state index contributed by atoms with van der Waals surface area (Å²) in [6.45, 7) is 5.34. The largest absolute Gasteiger partial charge is 0.490 e. The van der Waals surface area contributed by atoms with Gasteiger partial charge in [-0.15, -0.1) is 0 Å². The molecular formula is C16H26N3O3+. The van der Waals surface area contributed by atoms with E-state index in [9.17, 15) is 4.79 Å². The number of carbonyl (C=O) groups excluding carboxylic acids is 1. The molecule has 1 aromatic rings. The average Bonchev–Trinajstić information content (AvgIpc) is 2.40. The zero-order chi connectivity index (χ0) is 16.6. The molecule has 0 atom stereocenters. The second-order valence-electron chi connectivity index (χ2n) is 5.81. The number of nitrogens with one attached hydrogen (secondary N) is 1. The van der Waals surface area contributed by atoms with Crippen molar-refractivity contribution < 1.29 is 18.8 Å². The van der Waals surface area contributed by atoms with Crippen LogP contribution in [0.15, 0.2) is 23.3 Å². The van der Waals surface area contributed by atoms with Gasteiger partial charge in [0.05, 0.1) is 40.6 Å². The van der Waals surface area contributed by atoms with Gasteiger partial charge in [-0.3, -0.25) is 4.79 Å². The molecule has 1 amide bonds. The van der Waals surface area contributed by atoms with Crippen LogP contribution in [-0.2, 0) is 4.79 Å². The smallest absolute Gasteiger partial charge is 0.295 e. The Labute approximate surface area is 132 Å². The number of quaternary nitrogens is 1. The Morgan fingerprint density at radius 1 is 1.18 bits per heavy atom. The highest BCUT2D eigenvalue weighted by Gasteiger charge is 2.13. The first-order chi connectivity index (χ1) is 10.4. The van der Waals surface area contributed by atoms with Gasteiger partial charge in [-0.25, -0.2) is 5.43 Å². The van der Waals surface area contributed by atoms with E-state index in [2.05, 4.69) is 10.5 Å². The Balaban J connectivity index is 2.70. The van der Waals surface area contributed by atoms with Gasteiger partial charge >= 0.3 is 0 Å². The van der Waals surface area contributed by atoms with Gasteiger partial charge in [-0.1, -0.05) is 0 Å². The van der Waals surface area contributed by atoms with E-state index < -0.39 is 0 Å². The first kappa shape index (κ1) is 18.0. The highest BCUT2D eigenvalue weighted by molar-refractivity contribution is 5.83. The van der Waals surface area contributed by atoms with Crippen molar-refractivity contribution in [3.8, 4) is 11.5 Å². The quantitative estimate of drug-likeness (QED) is 0.451. The summed E-state index contributed by atoms with van der Waals surface area (Å²) in [5.74, 6) is 1.25. The van der Waals surface area contributed by atoms with Crippen LogP contribution in [0.1, 0.15) is 19.4 Å². The van der Waals surface area contributed by atoms with Crippen LogP contribution in [0.4, 0.5) is 0 Å². The lowest BCUT2D eigenvalue weighted by Crippen LogP contribution is -2.43. The number of nitrogens with zero attached hydrogens (tertiary/aromatic N) is 2. The van der Waals surface area contributed by atoms with E-state index in [4.69, 9.17) is 9.47 Å². The molecule has 1 N–H and O–H groups in total. The minimum absolute atomic E-state index is 0.125. The molecule has 0 unspecified atom stereocenters. The van der Waals surface area contributed by atoms with E-state index in [1.807, 2.05) is 53.2 Å². The van der Waals surface area contributed by atoms with Gasteiger partial charge < -0.3 is 14.0 Å². The van der Waals surface area contributed by atoms with Crippen LogP contribution in [0, 0.1) is 0 Å². The molecule has 0 aliphatic heterocycles. The monoisotopic (exact) mass is 308 g/mol. The molecule has 6 heteroatoms. The molecule has 0 aliphatic rings. The van der Waals surface area contributed by atoms with Crippen molar-refractivity contribution in [3.05, 3.63) is 23.8 Å².